The third-order valence-electron chi connectivity index (χ3n) is 18.7. The van der Waals surface area contributed by atoms with Crippen LogP contribution in [0, 0.1) is 55.4 Å². The van der Waals surface area contributed by atoms with Crippen LogP contribution in [-0.2, 0) is 28.5 Å². The molecule has 9 aromatic carbocycles. The first-order valence-electron chi connectivity index (χ1n) is 33.3. The van der Waals surface area contributed by atoms with Gasteiger partial charge in [-0.25, -0.2) is 0 Å². The van der Waals surface area contributed by atoms with Crippen molar-refractivity contribution in [1.29, 1.82) is 0 Å². The molecule has 0 saturated carbocycles. The molecule has 4 aliphatic heterocycles. The Hall–Kier alpha value is -11.2. The van der Waals surface area contributed by atoms with Gasteiger partial charge in [0.1, 0.15) is 52.1 Å². The van der Waals surface area contributed by atoms with Crippen molar-refractivity contribution < 1.29 is 66.7 Å². The average molecular weight is 1340 g/mol. The van der Waals surface area contributed by atoms with E-state index < -0.39 is 53.8 Å². The van der Waals surface area contributed by atoms with E-state index >= 15 is 28.8 Å². The maximum atomic E-state index is 16.4. The molecule has 0 aliphatic carbocycles. The van der Waals surface area contributed by atoms with Gasteiger partial charge in [-0.15, -0.1) is 0 Å². The van der Waals surface area contributed by atoms with Crippen LogP contribution >= 0.6 is 0 Å². The van der Waals surface area contributed by atoms with Gasteiger partial charge in [-0.05, 0) is 150 Å². The van der Waals surface area contributed by atoms with Crippen LogP contribution in [0.25, 0.3) is 43.1 Å². The van der Waals surface area contributed by atoms with E-state index in [9.17, 15) is 0 Å². The summed E-state index contributed by atoms with van der Waals surface area (Å²) >= 11 is 0. The van der Waals surface area contributed by atoms with Gasteiger partial charge in [0.25, 0.3) is 23.6 Å². The number of nitrogens with zero attached hydrogens (tertiary/aromatic N) is 4. The summed E-state index contributed by atoms with van der Waals surface area (Å²) in [6, 6.07) is 35.6. The molecule has 15 rings (SSSR count). The number of ether oxygens (including phenoxy) is 8. The number of epoxide rings is 1. The number of amides is 6. The number of carbonyl (C=O) groups excluding carboxylic acids is 6. The van der Waals surface area contributed by atoms with Crippen molar-refractivity contribution in [2.24, 2.45) is 0 Å². The second kappa shape index (κ2) is 26.3. The second-order valence-electron chi connectivity index (χ2n) is 26.0. The van der Waals surface area contributed by atoms with E-state index in [2.05, 4.69) is 20.6 Å². The van der Waals surface area contributed by atoms with Crippen molar-refractivity contribution >= 4 is 78.5 Å². The summed E-state index contributed by atoms with van der Waals surface area (Å²) in [4.78, 5) is 107. The fraction of sp³-hybridized carbons (Fsp3) is 0.250. The van der Waals surface area contributed by atoms with Crippen LogP contribution < -0.4 is 29.6 Å². The molecule has 2 aromatic heterocycles. The highest BCUT2D eigenvalue weighted by atomic mass is 16.7. The summed E-state index contributed by atoms with van der Waals surface area (Å²) < 4.78 is 51.8. The van der Waals surface area contributed by atoms with E-state index in [4.69, 9.17) is 37.9 Å². The van der Waals surface area contributed by atoms with E-state index in [1.54, 1.807) is 60.7 Å². The van der Waals surface area contributed by atoms with Crippen molar-refractivity contribution in [2.45, 2.75) is 86.3 Å². The lowest BCUT2D eigenvalue weighted by Crippen LogP contribution is -2.49. The second-order valence-corrected chi connectivity index (χ2v) is 26.0. The molecule has 20 heteroatoms. The number of hydrogen-bond acceptors (Lipinski definition) is 16. The van der Waals surface area contributed by atoms with Gasteiger partial charge in [0.15, 0.2) is 18.4 Å². The quantitative estimate of drug-likeness (QED) is 0.0199. The predicted molar refractivity (Wildman–Crippen MR) is 373 cm³/mol. The molecule has 6 heterocycles. The van der Waals surface area contributed by atoms with Crippen LogP contribution in [-0.4, -0.2) is 114 Å². The number of pyridine rings is 2. The Balaban J connectivity index is 1.07. The fourth-order valence-corrected chi connectivity index (χ4v) is 13.8. The van der Waals surface area contributed by atoms with Crippen molar-refractivity contribution in [3.63, 3.8) is 0 Å². The van der Waals surface area contributed by atoms with E-state index in [-0.39, 0.29) is 132 Å². The largest absolute Gasteiger partial charge is 0.456 e. The number of rotatable bonds is 23. The SMILES string of the molecule is Cc1ccc(Oc2cc3c4c(cc(Oc5ccc(C)cc5C)c5c6c(Oc7ccc(C)cc7C)cc7c8c(cc(Oc9ccc(C)cc9C)c(c2c45)c86)C(=O)N(C(C(=O)NCCOC2CCO2)c2ccccn2)C7=O)C(=O)N(C(C(=O)NCCOCC2CO2)c2ccccn2)C3=O)c(C)c1. The van der Waals surface area contributed by atoms with Crippen LogP contribution in [0.3, 0.4) is 0 Å². The number of nitrogens with one attached hydrogen (secondary N) is 2. The molecule has 0 spiro atoms. The predicted octanol–water partition coefficient (Wildman–Crippen LogP) is 14.2. The van der Waals surface area contributed by atoms with Gasteiger partial charge in [0.2, 0.25) is 11.8 Å². The van der Waals surface area contributed by atoms with Gasteiger partial charge in [0.05, 0.1) is 66.7 Å². The van der Waals surface area contributed by atoms with Gasteiger partial charge < -0.3 is 48.5 Å². The lowest BCUT2D eigenvalue weighted by atomic mass is 9.80. The molecule has 0 radical (unpaired) electrons. The molecule has 6 amide bonds. The number of carbonyl (C=O) groups is 6. The molecule has 4 unspecified atom stereocenters. The molecule has 4 aliphatic rings. The van der Waals surface area contributed by atoms with Crippen LogP contribution in [0.1, 0.15) is 116 Å². The average Bonchev–Trinajstić information content (AvgIpc) is 1.09. The Labute approximate surface area is 575 Å². The molecular weight excluding hydrogens is 1270 g/mol. The van der Waals surface area contributed by atoms with E-state index in [0.29, 0.717) is 49.2 Å². The summed E-state index contributed by atoms with van der Waals surface area (Å²) in [6.45, 7) is 17.2. The smallest absolute Gasteiger partial charge is 0.262 e. The highest BCUT2D eigenvalue weighted by molar-refractivity contribution is 6.45. The van der Waals surface area contributed by atoms with Crippen molar-refractivity contribution in [1.82, 2.24) is 30.4 Å². The van der Waals surface area contributed by atoms with Crippen molar-refractivity contribution in [2.75, 3.05) is 46.1 Å². The molecule has 20 nitrogen and oxygen atoms in total. The Morgan fingerprint density at radius 3 is 1.10 bits per heavy atom. The summed E-state index contributed by atoms with van der Waals surface area (Å²) in [6.07, 6.45) is 3.24. The topological polar surface area (TPSA) is 236 Å². The standard InChI is InChI=1S/C80H70N6O14/c1-41-15-19-56(45(5)31-41)97-60-35-50-65-51(78(90)85(77(50)89)73(54-13-9-11-24-81-54)75(87)83-26-29-93-39-49-40-96-49)36-61(98-57-20-16-42(2)32-46(57)6)68-70-63(100-59-22-18-44(4)34-48(59)8)38-53-66-52(37-62(69(72(66)70)67(60)71(65)68)99-58-21-17-43(3)33-47(58)7)79(91)86(80(53)92)74(55-14-10-12-25-82-55)76(88)84-27-30-95-64-23-28-94-64/h9-22,24-25,31-38,49,64,73-74H,23,26-30,39-40H2,1-8H3,(H,83,87)(H,84,88). The summed E-state index contributed by atoms with van der Waals surface area (Å²) in [5.74, 6) is -2.96. The fourth-order valence-electron chi connectivity index (χ4n) is 13.8. The lowest BCUT2D eigenvalue weighted by molar-refractivity contribution is -0.213. The van der Waals surface area contributed by atoms with Crippen molar-refractivity contribution in [3.8, 4) is 46.0 Å². The molecule has 2 fully saturated rings. The van der Waals surface area contributed by atoms with Crippen LogP contribution in [0.15, 0.2) is 146 Å². The number of benzene rings is 9. The van der Waals surface area contributed by atoms with Gasteiger partial charge in [0, 0.05) is 75.0 Å². The molecule has 11 aromatic rings. The Morgan fingerprint density at radius 2 is 0.800 bits per heavy atom. The first-order valence-corrected chi connectivity index (χ1v) is 33.3. The minimum Gasteiger partial charge on any atom is -0.456 e. The van der Waals surface area contributed by atoms with Gasteiger partial charge in [-0.3, -0.25) is 48.5 Å². The molecule has 0 bridgehead atoms. The van der Waals surface area contributed by atoms with Crippen LogP contribution in [0.5, 0.6) is 46.0 Å². The first-order chi connectivity index (χ1) is 48.4. The Bertz CT molecular complexity index is 4970. The monoisotopic (exact) mass is 1340 g/mol. The van der Waals surface area contributed by atoms with Crippen LogP contribution in [0.2, 0.25) is 0 Å². The molecule has 2 N–H and O–H groups in total. The lowest BCUT2D eigenvalue weighted by Gasteiger charge is -2.35. The molecule has 504 valence electrons. The zero-order valence-corrected chi connectivity index (χ0v) is 56.3. The zero-order chi connectivity index (χ0) is 69.4. The maximum absolute atomic E-state index is 16.4. The normalized spacial score (nSPS) is 16.1. The highest BCUT2D eigenvalue weighted by Crippen LogP contribution is 2.59. The van der Waals surface area contributed by atoms with Crippen molar-refractivity contribution in [3.05, 3.63) is 224 Å². The van der Waals surface area contributed by atoms with Gasteiger partial charge in [-0.2, -0.15) is 0 Å². The van der Waals surface area contributed by atoms with E-state index in [1.807, 2.05) is 128 Å². The molecular formula is C80H70N6O14. The van der Waals surface area contributed by atoms with Gasteiger partial charge in [-0.1, -0.05) is 82.9 Å². The number of aryl methyl sites for hydroxylation is 8. The first kappa shape index (κ1) is 64.8. The number of aromatic nitrogens is 2. The number of hydrogen-bond donors (Lipinski definition) is 2. The maximum Gasteiger partial charge on any atom is 0.262 e. The number of imide groups is 2. The minimum absolute atomic E-state index is 0.00854. The van der Waals surface area contributed by atoms with E-state index in [0.717, 1.165) is 54.3 Å². The summed E-state index contributed by atoms with van der Waals surface area (Å²) in [7, 11) is 0. The Morgan fingerprint density at radius 1 is 0.450 bits per heavy atom. The molecule has 4 atom stereocenters. The zero-order valence-electron chi connectivity index (χ0n) is 56.3. The highest BCUT2D eigenvalue weighted by Gasteiger charge is 2.48. The third kappa shape index (κ3) is 11.8. The number of fused-ring (bicyclic) bond motifs is 2. The summed E-state index contributed by atoms with van der Waals surface area (Å²) in [5.41, 5.74) is 6.77. The third-order valence-corrected chi connectivity index (χ3v) is 18.7. The van der Waals surface area contributed by atoms with E-state index in [1.165, 1.54) is 12.4 Å². The molecule has 100 heavy (non-hydrogen) atoms. The minimum atomic E-state index is -1.63. The Kier molecular flexibility index (Phi) is 17.0. The molecule has 2 saturated heterocycles. The summed E-state index contributed by atoms with van der Waals surface area (Å²) in [5, 5.41) is 7.80. The van der Waals surface area contributed by atoms with Gasteiger partial charge >= 0.3 is 0 Å². The van der Waals surface area contributed by atoms with Crippen LogP contribution in [0.4, 0.5) is 0 Å².